The lowest BCUT2D eigenvalue weighted by Gasteiger charge is -2.25. The Kier molecular flexibility index (Phi) is 4.90. The van der Waals surface area contributed by atoms with Gasteiger partial charge in [-0.05, 0) is 71.1 Å². The van der Waals surface area contributed by atoms with E-state index >= 15 is 0 Å². The van der Waals surface area contributed by atoms with Gasteiger partial charge in [0.2, 0.25) is 0 Å². The van der Waals surface area contributed by atoms with Gasteiger partial charge in [-0.1, -0.05) is 24.3 Å². The van der Waals surface area contributed by atoms with E-state index in [0.717, 1.165) is 39.1 Å². The molecule has 0 spiro atoms. The number of H-pyrrole nitrogens is 1. The van der Waals surface area contributed by atoms with Crippen LogP contribution < -0.4 is 4.74 Å². The molecule has 0 bridgehead atoms. The molecule has 5 rings (SSSR count). The summed E-state index contributed by atoms with van der Waals surface area (Å²) in [5.41, 5.74) is 6.47. The number of carbonyl (C=O) groups is 1. The number of rotatable bonds is 5. The Hall–Kier alpha value is -4.06. The van der Waals surface area contributed by atoms with Gasteiger partial charge in [0, 0.05) is 23.9 Å². The van der Waals surface area contributed by atoms with E-state index in [4.69, 9.17) is 4.74 Å². The number of nitrogens with one attached hydrogen (secondary N) is 1. The average Bonchev–Trinajstić information content (AvgIpc) is 3.47. The van der Waals surface area contributed by atoms with Crippen LogP contribution in [0.15, 0.2) is 73.1 Å². The van der Waals surface area contributed by atoms with Gasteiger partial charge in [0.1, 0.15) is 11.5 Å². The summed E-state index contributed by atoms with van der Waals surface area (Å²) >= 11 is 0. The lowest BCUT2D eigenvalue weighted by molar-refractivity contribution is 0.0715. The third kappa shape index (κ3) is 3.39. The van der Waals surface area contributed by atoms with Crippen LogP contribution in [0.25, 0.3) is 22.3 Å². The number of aromatic amines is 1. The van der Waals surface area contributed by atoms with Crippen LogP contribution in [0.3, 0.4) is 0 Å². The molecular formula is C26H23N3O3. The third-order valence-electron chi connectivity index (χ3n) is 6.12. The number of nitrogens with zero attached hydrogens (tertiary/aromatic N) is 2. The number of ether oxygens (including phenoxy) is 1. The van der Waals surface area contributed by atoms with E-state index in [2.05, 4.69) is 16.3 Å². The van der Waals surface area contributed by atoms with E-state index in [0.29, 0.717) is 12.1 Å². The van der Waals surface area contributed by atoms with Gasteiger partial charge < -0.3 is 14.7 Å². The second-order valence-corrected chi connectivity index (χ2v) is 7.97. The summed E-state index contributed by atoms with van der Waals surface area (Å²) in [5, 5.41) is 16.6. The molecule has 4 aromatic rings. The van der Waals surface area contributed by atoms with E-state index < -0.39 is 0 Å². The number of methoxy groups -OCH3 is 1. The van der Waals surface area contributed by atoms with E-state index in [1.807, 2.05) is 60.5 Å². The van der Waals surface area contributed by atoms with Crippen molar-refractivity contribution in [3.05, 3.63) is 89.7 Å². The zero-order valence-corrected chi connectivity index (χ0v) is 17.9. The number of phenols is 1. The largest absolute Gasteiger partial charge is 0.508 e. The summed E-state index contributed by atoms with van der Waals surface area (Å²) in [6.45, 7) is 2.55. The topological polar surface area (TPSA) is 78.4 Å². The molecule has 0 fully saturated rings. The Morgan fingerprint density at radius 1 is 1.03 bits per heavy atom. The van der Waals surface area contributed by atoms with Crippen LogP contribution in [0.1, 0.15) is 34.5 Å². The first-order valence-corrected chi connectivity index (χ1v) is 10.5. The molecule has 0 aliphatic carbocycles. The zero-order valence-electron chi connectivity index (χ0n) is 17.9. The number of hydrogen-bond acceptors (Lipinski definition) is 4. The van der Waals surface area contributed by atoms with Crippen LogP contribution in [0.5, 0.6) is 11.5 Å². The fourth-order valence-corrected chi connectivity index (χ4v) is 4.30. The first-order valence-electron chi connectivity index (χ1n) is 10.5. The van der Waals surface area contributed by atoms with Gasteiger partial charge in [-0.25, -0.2) is 0 Å². The number of fused-ring (bicyclic) bond motifs is 1. The molecule has 160 valence electrons. The SMILES string of the molecule is COc1cccc([C@@H](C)N2Cc3c(cc(-c4cn[nH]c4)cc3-c3ccc(O)cc3)C2=O)c1. The Morgan fingerprint density at radius 2 is 1.81 bits per heavy atom. The highest BCUT2D eigenvalue weighted by atomic mass is 16.5. The smallest absolute Gasteiger partial charge is 0.255 e. The minimum atomic E-state index is -0.116. The Morgan fingerprint density at radius 3 is 2.53 bits per heavy atom. The van der Waals surface area contributed by atoms with Gasteiger partial charge in [0.05, 0.1) is 19.3 Å². The summed E-state index contributed by atoms with van der Waals surface area (Å²) in [6, 6.07) is 18.8. The van der Waals surface area contributed by atoms with Crippen LogP contribution in [0.2, 0.25) is 0 Å². The molecule has 0 saturated carbocycles. The highest BCUT2D eigenvalue weighted by Gasteiger charge is 2.34. The van der Waals surface area contributed by atoms with Crippen molar-refractivity contribution in [1.82, 2.24) is 15.1 Å². The van der Waals surface area contributed by atoms with Crippen LogP contribution in [0.4, 0.5) is 0 Å². The van der Waals surface area contributed by atoms with E-state index in [1.54, 1.807) is 25.4 Å². The quantitative estimate of drug-likeness (QED) is 0.462. The predicted octanol–water partition coefficient (Wildman–Crippen LogP) is 5.17. The highest BCUT2D eigenvalue weighted by Crippen LogP contribution is 2.40. The normalized spacial score (nSPS) is 13.8. The van der Waals surface area contributed by atoms with Gasteiger partial charge in [-0.15, -0.1) is 0 Å². The molecule has 0 radical (unpaired) electrons. The van der Waals surface area contributed by atoms with Crippen LogP contribution in [-0.4, -0.2) is 33.2 Å². The van der Waals surface area contributed by atoms with Crippen molar-refractivity contribution >= 4 is 5.91 Å². The summed E-state index contributed by atoms with van der Waals surface area (Å²) in [4.78, 5) is 15.4. The third-order valence-corrected chi connectivity index (χ3v) is 6.12. The lowest BCUT2D eigenvalue weighted by Crippen LogP contribution is -2.27. The first kappa shape index (κ1) is 19.9. The fourth-order valence-electron chi connectivity index (χ4n) is 4.30. The molecule has 1 aromatic heterocycles. The Bertz CT molecular complexity index is 1280. The lowest BCUT2D eigenvalue weighted by atomic mass is 9.92. The van der Waals surface area contributed by atoms with Crippen molar-refractivity contribution in [3.8, 4) is 33.8 Å². The van der Waals surface area contributed by atoms with Gasteiger partial charge in [0.15, 0.2) is 0 Å². The molecule has 2 N–H and O–H groups in total. The van der Waals surface area contributed by atoms with Crippen LogP contribution >= 0.6 is 0 Å². The van der Waals surface area contributed by atoms with Gasteiger partial charge in [0.25, 0.3) is 5.91 Å². The molecule has 1 atom stereocenters. The molecule has 1 amide bonds. The van der Waals surface area contributed by atoms with Crippen molar-refractivity contribution in [1.29, 1.82) is 0 Å². The van der Waals surface area contributed by atoms with Crippen molar-refractivity contribution < 1.29 is 14.6 Å². The van der Waals surface area contributed by atoms with Crippen LogP contribution in [-0.2, 0) is 6.54 Å². The summed E-state index contributed by atoms with van der Waals surface area (Å²) < 4.78 is 5.37. The molecule has 2 heterocycles. The molecule has 6 nitrogen and oxygen atoms in total. The highest BCUT2D eigenvalue weighted by molar-refractivity contribution is 6.02. The predicted molar refractivity (Wildman–Crippen MR) is 122 cm³/mol. The maximum atomic E-state index is 13.6. The molecule has 32 heavy (non-hydrogen) atoms. The Balaban J connectivity index is 1.60. The number of benzene rings is 3. The van der Waals surface area contributed by atoms with Crippen molar-refractivity contribution in [2.45, 2.75) is 19.5 Å². The number of phenolic OH excluding ortho intramolecular Hbond substituents is 1. The summed E-state index contributed by atoms with van der Waals surface area (Å²) in [7, 11) is 1.64. The van der Waals surface area contributed by atoms with E-state index in [-0.39, 0.29) is 17.7 Å². The average molecular weight is 425 g/mol. The second-order valence-electron chi connectivity index (χ2n) is 7.97. The number of hydrogen-bond donors (Lipinski definition) is 2. The minimum Gasteiger partial charge on any atom is -0.508 e. The molecule has 3 aromatic carbocycles. The van der Waals surface area contributed by atoms with E-state index in [1.165, 1.54) is 0 Å². The molecule has 1 aliphatic rings. The van der Waals surface area contributed by atoms with Gasteiger partial charge in [-0.2, -0.15) is 5.10 Å². The number of aromatic hydroxyl groups is 1. The van der Waals surface area contributed by atoms with E-state index in [9.17, 15) is 9.90 Å². The first-order chi connectivity index (χ1) is 15.5. The number of carbonyl (C=O) groups excluding carboxylic acids is 1. The molecule has 6 heteroatoms. The maximum Gasteiger partial charge on any atom is 0.255 e. The Labute approximate surface area is 186 Å². The second kappa shape index (κ2) is 7.89. The van der Waals surface area contributed by atoms with Crippen molar-refractivity contribution in [2.24, 2.45) is 0 Å². The van der Waals surface area contributed by atoms with Crippen molar-refractivity contribution in [3.63, 3.8) is 0 Å². The molecular weight excluding hydrogens is 402 g/mol. The van der Waals surface area contributed by atoms with Crippen molar-refractivity contribution in [2.75, 3.05) is 7.11 Å². The van der Waals surface area contributed by atoms with Crippen LogP contribution in [0, 0.1) is 0 Å². The molecule has 0 saturated heterocycles. The maximum absolute atomic E-state index is 13.6. The van der Waals surface area contributed by atoms with Gasteiger partial charge >= 0.3 is 0 Å². The fraction of sp³-hybridized carbons (Fsp3) is 0.154. The zero-order chi connectivity index (χ0) is 22.2. The minimum absolute atomic E-state index is 0.000642. The summed E-state index contributed by atoms with van der Waals surface area (Å²) in [6.07, 6.45) is 3.57. The standard InChI is InChI=1S/C26H23N3O3/c1-16(18-4-3-5-22(10-18)32-2)29-15-25-23(17-6-8-21(30)9-7-17)11-19(12-24(25)26(29)31)20-13-27-28-14-20/h3-14,16,30H,15H2,1-2H3,(H,27,28)/t16-/m1/s1. The molecule has 0 unspecified atom stereocenters. The van der Waals surface area contributed by atoms with Gasteiger partial charge in [-0.3, -0.25) is 9.89 Å². The number of aromatic nitrogens is 2. The monoisotopic (exact) mass is 425 g/mol. The molecule has 1 aliphatic heterocycles. The summed E-state index contributed by atoms with van der Waals surface area (Å²) in [5.74, 6) is 0.979. The number of amides is 1.